The Hall–Kier alpha value is -2.38. The van der Waals surface area contributed by atoms with Gasteiger partial charge in [-0.15, -0.1) is 10.2 Å². The Bertz CT molecular complexity index is 1090. The van der Waals surface area contributed by atoms with Gasteiger partial charge in [-0.2, -0.15) is 0 Å². The molecule has 0 atom stereocenters. The predicted octanol–water partition coefficient (Wildman–Crippen LogP) is 6.95. The molecule has 4 aliphatic rings. The SMILES string of the molecule is O=C(CSc1nnc(Nc2ccc(Oc3ccccc3)cc2)s1)C12CC3CC(CC(C3)C1)C2. The highest BCUT2D eigenvalue weighted by Crippen LogP contribution is 2.60. The van der Waals surface area contributed by atoms with E-state index in [-0.39, 0.29) is 5.41 Å². The fourth-order valence-corrected chi connectivity index (χ4v) is 8.21. The first-order chi connectivity index (χ1) is 16.1. The number of anilines is 2. The Kier molecular flexibility index (Phi) is 5.62. The molecule has 7 heteroatoms. The van der Waals surface area contributed by atoms with Crippen LogP contribution < -0.4 is 10.1 Å². The second-order valence-corrected chi connectivity index (χ2v) is 12.0. The van der Waals surface area contributed by atoms with E-state index in [1.54, 1.807) is 11.8 Å². The van der Waals surface area contributed by atoms with Crippen molar-refractivity contribution in [3.05, 3.63) is 54.6 Å². The number of nitrogens with zero attached hydrogens (tertiary/aromatic N) is 2. The van der Waals surface area contributed by atoms with Gasteiger partial charge in [0.05, 0.1) is 5.75 Å². The second-order valence-electron chi connectivity index (χ2n) is 9.85. The molecule has 7 rings (SSSR count). The number of hydrogen-bond acceptors (Lipinski definition) is 7. The van der Waals surface area contributed by atoms with Gasteiger partial charge < -0.3 is 10.1 Å². The molecule has 170 valence electrons. The van der Waals surface area contributed by atoms with E-state index < -0.39 is 0 Å². The van der Waals surface area contributed by atoms with Crippen molar-refractivity contribution in [2.75, 3.05) is 11.1 Å². The van der Waals surface area contributed by atoms with Gasteiger partial charge in [0.2, 0.25) is 5.13 Å². The Labute approximate surface area is 202 Å². The Morgan fingerprint density at radius 3 is 2.24 bits per heavy atom. The molecule has 1 heterocycles. The molecule has 5 nitrogen and oxygen atoms in total. The van der Waals surface area contributed by atoms with Crippen molar-refractivity contribution in [1.82, 2.24) is 10.2 Å². The van der Waals surface area contributed by atoms with Crippen LogP contribution in [0.1, 0.15) is 38.5 Å². The first kappa shape index (κ1) is 21.2. The lowest BCUT2D eigenvalue weighted by Crippen LogP contribution is -2.50. The standard InChI is InChI=1S/C26H27N3O2S2/c30-23(26-13-17-10-18(14-26)12-19(11-17)15-26)16-32-25-29-28-24(33-25)27-20-6-8-22(9-7-20)31-21-4-2-1-3-5-21/h1-9,17-19H,10-16H2,(H,27,28). The van der Waals surface area contributed by atoms with Gasteiger partial charge in [-0.05, 0) is 92.7 Å². The van der Waals surface area contributed by atoms with Gasteiger partial charge >= 0.3 is 0 Å². The van der Waals surface area contributed by atoms with Gasteiger partial charge in [-0.3, -0.25) is 4.79 Å². The summed E-state index contributed by atoms with van der Waals surface area (Å²) in [7, 11) is 0. The summed E-state index contributed by atoms with van der Waals surface area (Å²) in [5.41, 5.74) is 0.893. The minimum absolute atomic E-state index is 0.0307. The molecule has 2 aromatic carbocycles. The van der Waals surface area contributed by atoms with Gasteiger partial charge in [-0.25, -0.2) is 0 Å². The van der Waals surface area contributed by atoms with Crippen LogP contribution in [0.5, 0.6) is 11.5 Å². The van der Waals surface area contributed by atoms with Gasteiger partial charge in [0.15, 0.2) is 4.34 Å². The monoisotopic (exact) mass is 477 g/mol. The Morgan fingerprint density at radius 1 is 0.939 bits per heavy atom. The second kappa shape index (κ2) is 8.76. The summed E-state index contributed by atoms with van der Waals surface area (Å²) in [6.07, 6.45) is 7.49. The maximum atomic E-state index is 13.2. The number of ketones is 1. The minimum Gasteiger partial charge on any atom is -0.457 e. The Balaban J connectivity index is 1.03. The number of thioether (sulfide) groups is 1. The fraction of sp³-hybridized carbons (Fsp3) is 0.423. The van der Waals surface area contributed by atoms with E-state index in [1.807, 2.05) is 54.6 Å². The zero-order valence-electron chi connectivity index (χ0n) is 18.4. The summed E-state index contributed by atoms with van der Waals surface area (Å²) < 4.78 is 6.69. The van der Waals surface area contributed by atoms with Crippen molar-refractivity contribution in [3.63, 3.8) is 0 Å². The van der Waals surface area contributed by atoms with Gasteiger partial charge in [0.25, 0.3) is 0 Å². The molecule has 4 fully saturated rings. The van der Waals surface area contributed by atoms with Crippen molar-refractivity contribution in [2.45, 2.75) is 42.9 Å². The molecule has 4 saturated carbocycles. The molecule has 0 radical (unpaired) electrons. The quantitative estimate of drug-likeness (QED) is 0.354. The molecule has 0 unspecified atom stereocenters. The molecule has 0 amide bonds. The number of carbonyl (C=O) groups is 1. The van der Waals surface area contributed by atoms with Crippen molar-refractivity contribution < 1.29 is 9.53 Å². The van der Waals surface area contributed by atoms with Crippen LogP contribution in [0.4, 0.5) is 10.8 Å². The van der Waals surface area contributed by atoms with E-state index in [0.717, 1.165) is 63.7 Å². The van der Waals surface area contributed by atoms with E-state index in [0.29, 0.717) is 11.5 Å². The third kappa shape index (κ3) is 4.53. The number of carbonyl (C=O) groups excluding carboxylic acids is 1. The summed E-state index contributed by atoms with van der Waals surface area (Å²) in [6, 6.07) is 17.5. The first-order valence-electron chi connectivity index (χ1n) is 11.7. The van der Waals surface area contributed by atoms with Crippen LogP contribution in [0.15, 0.2) is 58.9 Å². The molecular weight excluding hydrogens is 450 g/mol. The van der Waals surface area contributed by atoms with Crippen LogP contribution in [0.3, 0.4) is 0 Å². The van der Waals surface area contributed by atoms with E-state index >= 15 is 0 Å². The van der Waals surface area contributed by atoms with Crippen LogP contribution in [0.25, 0.3) is 0 Å². The first-order valence-corrected chi connectivity index (χ1v) is 13.5. The van der Waals surface area contributed by atoms with Crippen LogP contribution >= 0.6 is 23.1 Å². The molecule has 4 aliphatic carbocycles. The van der Waals surface area contributed by atoms with Crippen LogP contribution in [0, 0.1) is 23.2 Å². The maximum Gasteiger partial charge on any atom is 0.210 e. The number of para-hydroxylation sites is 1. The molecule has 1 aromatic heterocycles. The maximum absolute atomic E-state index is 13.2. The van der Waals surface area contributed by atoms with E-state index in [1.165, 1.54) is 30.6 Å². The number of benzene rings is 2. The molecule has 1 N–H and O–H groups in total. The zero-order valence-corrected chi connectivity index (χ0v) is 20.0. The van der Waals surface area contributed by atoms with Crippen LogP contribution in [0.2, 0.25) is 0 Å². The lowest BCUT2D eigenvalue weighted by molar-refractivity contribution is -0.141. The summed E-state index contributed by atoms with van der Waals surface area (Å²) in [6.45, 7) is 0. The van der Waals surface area contributed by atoms with Crippen molar-refractivity contribution in [2.24, 2.45) is 23.2 Å². The summed E-state index contributed by atoms with van der Waals surface area (Å²) in [5.74, 6) is 4.96. The summed E-state index contributed by atoms with van der Waals surface area (Å²) >= 11 is 3.05. The number of hydrogen-bond donors (Lipinski definition) is 1. The van der Waals surface area contributed by atoms with Crippen molar-refractivity contribution in [3.8, 4) is 11.5 Å². The van der Waals surface area contributed by atoms with Gasteiger partial charge in [-0.1, -0.05) is 41.3 Å². The average Bonchev–Trinajstić information content (AvgIpc) is 3.26. The predicted molar refractivity (Wildman–Crippen MR) is 132 cm³/mol. The minimum atomic E-state index is -0.0307. The average molecular weight is 478 g/mol. The molecular formula is C26H27N3O2S2. The topological polar surface area (TPSA) is 64.1 Å². The largest absolute Gasteiger partial charge is 0.457 e. The van der Waals surface area contributed by atoms with Gasteiger partial charge in [0.1, 0.15) is 17.3 Å². The van der Waals surface area contributed by atoms with Gasteiger partial charge in [0, 0.05) is 11.1 Å². The van der Waals surface area contributed by atoms with E-state index in [4.69, 9.17) is 4.74 Å². The number of Topliss-reactive ketones (excluding diaryl/α,β-unsaturated/α-hetero) is 1. The lowest BCUT2D eigenvalue weighted by atomic mass is 9.48. The lowest BCUT2D eigenvalue weighted by Gasteiger charge is -2.56. The Morgan fingerprint density at radius 2 is 1.58 bits per heavy atom. The third-order valence-electron chi connectivity index (χ3n) is 7.45. The van der Waals surface area contributed by atoms with Crippen LogP contribution in [-0.4, -0.2) is 21.7 Å². The number of aromatic nitrogens is 2. The number of nitrogens with one attached hydrogen (secondary N) is 1. The zero-order chi connectivity index (χ0) is 22.3. The number of ether oxygens (including phenoxy) is 1. The van der Waals surface area contributed by atoms with E-state index in [2.05, 4.69) is 15.5 Å². The van der Waals surface area contributed by atoms with Crippen LogP contribution in [-0.2, 0) is 4.79 Å². The number of rotatable bonds is 8. The summed E-state index contributed by atoms with van der Waals surface area (Å²) in [5, 5.41) is 12.6. The third-order valence-corrected chi connectivity index (χ3v) is 9.42. The molecule has 33 heavy (non-hydrogen) atoms. The fourth-order valence-electron chi connectivity index (χ4n) is 6.41. The molecule has 0 spiro atoms. The highest BCUT2D eigenvalue weighted by molar-refractivity contribution is 8.01. The summed E-state index contributed by atoms with van der Waals surface area (Å²) in [4.78, 5) is 13.2. The smallest absolute Gasteiger partial charge is 0.210 e. The normalized spacial score (nSPS) is 27.5. The molecule has 4 bridgehead atoms. The highest BCUT2D eigenvalue weighted by atomic mass is 32.2. The molecule has 0 aliphatic heterocycles. The highest BCUT2D eigenvalue weighted by Gasteiger charge is 2.54. The van der Waals surface area contributed by atoms with E-state index in [9.17, 15) is 4.79 Å². The molecule has 3 aromatic rings. The van der Waals surface area contributed by atoms with Crippen molar-refractivity contribution >= 4 is 39.7 Å². The molecule has 0 saturated heterocycles. The van der Waals surface area contributed by atoms with Crippen molar-refractivity contribution in [1.29, 1.82) is 0 Å².